The molecular weight excluding hydrogens is 376 g/mol. The maximum absolute atomic E-state index is 13.9. The molecule has 29 heavy (non-hydrogen) atoms. The molecule has 0 bridgehead atoms. The largest absolute Gasteiger partial charge is 0.319 e. The van der Waals surface area contributed by atoms with E-state index in [1.807, 2.05) is 0 Å². The second-order valence-corrected chi connectivity index (χ2v) is 6.43. The molecular formula is C22H15F2N3O2. The van der Waals surface area contributed by atoms with Gasteiger partial charge in [-0.15, -0.1) is 0 Å². The molecule has 0 radical (unpaired) electrons. The summed E-state index contributed by atoms with van der Waals surface area (Å²) in [5, 5.41) is 3.01. The van der Waals surface area contributed by atoms with E-state index in [-0.39, 0.29) is 23.6 Å². The van der Waals surface area contributed by atoms with E-state index in [4.69, 9.17) is 0 Å². The molecule has 0 aliphatic carbocycles. The molecule has 7 heteroatoms. The lowest BCUT2D eigenvalue weighted by molar-refractivity contribution is 0.102. The first kappa shape index (κ1) is 18.5. The Morgan fingerprint density at radius 1 is 1.00 bits per heavy atom. The van der Waals surface area contributed by atoms with Crippen molar-refractivity contribution in [2.24, 2.45) is 0 Å². The molecule has 1 N–H and O–H groups in total. The lowest BCUT2D eigenvalue weighted by atomic mass is 10.1. The number of halogens is 2. The minimum atomic E-state index is -0.723. The highest BCUT2D eigenvalue weighted by molar-refractivity contribution is 6.05. The number of carbonyl (C=O) groups excluding carboxylic acids is 1. The van der Waals surface area contributed by atoms with Crippen molar-refractivity contribution in [1.29, 1.82) is 0 Å². The Hall–Kier alpha value is -3.87. The van der Waals surface area contributed by atoms with E-state index in [9.17, 15) is 18.4 Å². The number of hydrogen-bond acceptors (Lipinski definition) is 3. The zero-order chi connectivity index (χ0) is 20.4. The van der Waals surface area contributed by atoms with Gasteiger partial charge in [-0.1, -0.05) is 24.3 Å². The van der Waals surface area contributed by atoms with Crippen LogP contribution in [0, 0.1) is 11.6 Å². The lowest BCUT2D eigenvalue weighted by Gasteiger charge is -2.13. The summed E-state index contributed by atoms with van der Waals surface area (Å²) in [6.07, 6.45) is 1.54. The van der Waals surface area contributed by atoms with E-state index in [1.165, 1.54) is 41.0 Å². The van der Waals surface area contributed by atoms with Crippen molar-refractivity contribution < 1.29 is 13.6 Å². The van der Waals surface area contributed by atoms with Crippen LogP contribution in [-0.4, -0.2) is 15.5 Å². The minimum Gasteiger partial charge on any atom is -0.319 e. The number of aromatic nitrogens is 2. The summed E-state index contributed by atoms with van der Waals surface area (Å²) in [7, 11) is 0. The summed E-state index contributed by atoms with van der Waals surface area (Å²) in [6.45, 7) is 0.105. The Morgan fingerprint density at radius 2 is 1.76 bits per heavy atom. The van der Waals surface area contributed by atoms with Crippen molar-refractivity contribution in [2.45, 2.75) is 6.54 Å². The van der Waals surface area contributed by atoms with Gasteiger partial charge in [0.1, 0.15) is 22.8 Å². The van der Waals surface area contributed by atoms with Gasteiger partial charge in [-0.05, 0) is 48.0 Å². The maximum atomic E-state index is 13.9. The van der Waals surface area contributed by atoms with Crippen LogP contribution < -0.4 is 10.9 Å². The summed E-state index contributed by atoms with van der Waals surface area (Å²) in [6, 6.07) is 16.3. The Balaban J connectivity index is 1.80. The quantitative estimate of drug-likeness (QED) is 0.572. The van der Waals surface area contributed by atoms with Crippen LogP contribution >= 0.6 is 0 Å². The Bertz CT molecular complexity index is 1270. The van der Waals surface area contributed by atoms with Crippen molar-refractivity contribution in [3.63, 3.8) is 0 Å². The molecule has 0 saturated heterocycles. The van der Waals surface area contributed by atoms with Gasteiger partial charge < -0.3 is 5.32 Å². The van der Waals surface area contributed by atoms with Gasteiger partial charge in [-0.25, -0.2) is 13.8 Å². The summed E-state index contributed by atoms with van der Waals surface area (Å²) in [4.78, 5) is 30.0. The number of benzene rings is 2. The second-order valence-electron chi connectivity index (χ2n) is 6.43. The third-order valence-corrected chi connectivity index (χ3v) is 4.47. The van der Waals surface area contributed by atoms with Crippen molar-refractivity contribution in [3.05, 3.63) is 106 Å². The number of rotatable bonds is 4. The van der Waals surface area contributed by atoms with Gasteiger partial charge in [0.15, 0.2) is 0 Å². The van der Waals surface area contributed by atoms with Gasteiger partial charge in [0.05, 0.1) is 12.2 Å². The van der Waals surface area contributed by atoms with Crippen LogP contribution in [0.25, 0.3) is 11.0 Å². The van der Waals surface area contributed by atoms with Crippen molar-refractivity contribution in [2.75, 3.05) is 5.32 Å². The fourth-order valence-electron chi connectivity index (χ4n) is 3.04. The average Bonchev–Trinajstić information content (AvgIpc) is 2.73. The monoisotopic (exact) mass is 391 g/mol. The number of pyridine rings is 2. The van der Waals surface area contributed by atoms with Gasteiger partial charge in [0.25, 0.3) is 11.5 Å². The number of amides is 1. The number of anilines is 1. The first-order chi connectivity index (χ1) is 14.0. The van der Waals surface area contributed by atoms with Crippen molar-refractivity contribution in [1.82, 2.24) is 9.55 Å². The normalized spacial score (nSPS) is 10.8. The van der Waals surface area contributed by atoms with Crippen molar-refractivity contribution >= 4 is 22.6 Å². The molecule has 144 valence electrons. The van der Waals surface area contributed by atoms with Crippen molar-refractivity contribution in [3.8, 4) is 0 Å². The van der Waals surface area contributed by atoms with E-state index in [1.54, 1.807) is 36.5 Å². The number of carbonyl (C=O) groups is 1. The van der Waals surface area contributed by atoms with Crippen LogP contribution in [0.3, 0.4) is 0 Å². The van der Waals surface area contributed by atoms with Gasteiger partial charge >= 0.3 is 0 Å². The highest BCUT2D eigenvalue weighted by Gasteiger charge is 2.18. The predicted molar refractivity (Wildman–Crippen MR) is 106 cm³/mol. The van der Waals surface area contributed by atoms with Gasteiger partial charge in [-0.3, -0.25) is 14.2 Å². The van der Waals surface area contributed by atoms with E-state index in [0.29, 0.717) is 16.6 Å². The van der Waals surface area contributed by atoms with Crippen LogP contribution in [0.1, 0.15) is 15.9 Å². The summed E-state index contributed by atoms with van der Waals surface area (Å²) < 4.78 is 28.4. The fourth-order valence-corrected chi connectivity index (χ4v) is 3.04. The highest BCUT2D eigenvalue weighted by Crippen LogP contribution is 2.16. The number of nitrogens with one attached hydrogen (secondary N) is 1. The molecule has 2 aromatic carbocycles. The topological polar surface area (TPSA) is 64.0 Å². The van der Waals surface area contributed by atoms with Crippen LogP contribution in [0.15, 0.2) is 77.7 Å². The zero-order valence-electron chi connectivity index (χ0n) is 15.1. The van der Waals surface area contributed by atoms with Gasteiger partial charge in [0.2, 0.25) is 0 Å². The SMILES string of the molecule is O=C(Nc1ccccc1F)c1cc2cccnc2n(Cc2ccc(F)cc2)c1=O. The van der Waals surface area contributed by atoms with Crippen LogP contribution in [-0.2, 0) is 6.54 Å². The molecule has 0 atom stereocenters. The Kier molecular flexibility index (Phi) is 4.87. The number of para-hydroxylation sites is 1. The molecule has 2 heterocycles. The summed E-state index contributed by atoms with van der Waals surface area (Å²) in [5.74, 6) is -1.71. The molecule has 0 aliphatic rings. The fraction of sp³-hybridized carbons (Fsp3) is 0.0455. The lowest BCUT2D eigenvalue weighted by Crippen LogP contribution is -2.30. The smallest absolute Gasteiger partial charge is 0.265 e. The molecule has 1 amide bonds. The first-order valence-electron chi connectivity index (χ1n) is 8.82. The standard InChI is InChI=1S/C22H15F2N3O2/c23-16-9-7-14(8-10-16)13-27-20-15(4-3-11-25-20)12-17(22(27)29)21(28)26-19-6-2-1-5-18(19)24/h1-12H,13H2,(H,26,28). The predicted octanol–water partition coefficient (Wildman–Crippen LogP) is 3.98. The molecule has 0 saturated carbocycles. The summed E-state index contributed by atoms with van der Waals surface area (Å²) in [5.41, 5.74) is 0.329. The molecule has 5 nitrogen and oxygen atoms in total. The third-order valence-electron chi connectivity index (χ3n) is 4.47. The van der Waals surface area contributed by atoms with E-state index < -0.39 is 17.3 Å². The number of hydrogen-bond donors (Lipinski definition) is 1. The first-order valence-corrected chi connectivity index (χ1v) is 8.82. The highest BCUT2D eigenvalue weighted by atomic mass is 19.1. The molecule has 0 unspecified atom stereocenters. The van der Waals surface area contributed by atoms with E-state index in [2.05, 4.69) is 10.3 Å². The van der Waals surface area contributed by atoms with Gasteiger partial charge in [0, 0.05) is 11.6 Å². The average molecular weight is 391 g/mol. The maximum Gasteiger partial charge on any atom is 0.265 e. The van der Waals surface area contributed by atoms with Crippen LogP contribution in [0.2, 0.25) is 0 Å². The molecule has 0 aliphatic heterocycles. The Morgan fingerprint density at radius 3 is 2.52 bits per heavy atom. The van der Waals surface area contributed by atoms with Crippen LogP contribution in [0.5, 0.6) is 0 Å². The summed E-state index contributed by atoms with van der Waals surface area (Å²) >= 11 is 0. The molecule has 2 aromatic heterocycles. The molecule has 0 spiro atoms. The van der Waals surface area contributed by atoms with E-state index >= 15 is 0 Å². The zero-order valence-corrected chi connectivity index (χ0v) is 15.1. The Labute approximate surface area is 164 Å². The van der Waals surface area contributed by atoms with E-state index in [0.717, 1.165) is 0 Å². The molecule has 0 fully saturated rings. The number of fused-ring (bicyclic) bond motifs is 1. The minimum absolute atomic E-state index is 0.0201. The molecule has 4 aromatic rings. The molecule has 4 rings (SSSR count). The third kappa shape index (κ3) is 3.75. The van der Waals surface area contributed by atoms with Crippen LogP contribution in [0.4, 0.5) is 14.5 Å². The number of nitrogens with zero attached hydrogens (tertiary/aromatic N) is 2. The van der Waals surface area contributed by atoms with Gasteiger partial charge in [-0.2, -0.15) is 0 Å². The second kappa shape index (κ2) is 7.63.